The molecule has 1 rings (SSSR count). The molecule has 0 fully saturated rings. The van der Waals surface area contributed by atoms with E-state index in [1.807, 2.05) is 18.2 Å². The van der Waals surface area contributed by atoms with Crippen LogP contribution in [0.2, 0.25) is 10.0 Å². The van der Waals surface area contributed by atoms with Gasteiger partial charge in [-0.05, 0) is 36.5 Å². The van der Waals surface area contributed by atoms with E-state index in [4.69, 9.17) is 23.2 Å². The molecule has 0 radical (unpaired) electrons. The fourth-order valence-corrected chi connectivity index (χ4v) is 2.11. The Balaban J connectivity index is 2.97. The maximum absolute atomic E-state index is 6.12. The predicted molar refractivity (Wildman–Crippen MR) is 64.3 cm³/mol. The van der Waals surface area contributed by atoms with Crippen LogP contribution in [0.1, 0.15) is 31.2 Å². The van der Waals surface area contributed by atoms with E-state index in [1.54, 1.807) is 6.07 Å². The number of rotatable bonds is 4. The molecule has 0 N–H and O–H groups in total. The highest BCUT2D eigenvalue weighted by Crippen LogP contribution is 2.31. The van der Waals surface area contributed by atoms with Crippen molar-refractivity contribution >= 4 is 23.2 Å². The first-order valence-corrected chi connectivity index (χ1v) is 5.50. The molecule has 0 heterocycles. The Morgan fingerprint density at radius 2 is 2.14 bits per heavy atom. The zero-order valence-electron chi connectivity index (χ0n) is 8.26. The van der Waals surface area contributed by atoms with Gasteiger partial charge in [-0.3, -0.25) is 0 Å². The van der Waals surface area contributed by atoms with Crippen molar-refractivity contribution in [2.75, 3.05) is 0 Å². The summed E-state index contributed by atoms with van der Waals surface area (Å²) in [6.07, 6.45) is 3.95. The van der Waals surface area contributed by atoms with Crippen molar-refractivity contribution in [3.8, 4) is 0 Å². The zero-order valence-corrected chi connectivity index (χ0v) is 9.78. The van der Waals surface area contributed by atoms with Crippen LogP contribution in [0.25, 0.3) is 0 Å². The monoisotopic (exact) mass is 228 g/mol. The van der Waals surface area contributed by atoms with Crippen LogP contribution in [-0.4, -0.2) is 0 Å². The van der Waals surface area contributed by atoms with Crippen LogP contribution in [0.4, 0.5) is 0 Å². The van der Waals surface area contributed by atoms with Gasteiger partial charge in [0.1, 0.15) is 0 Å². The first-order valence-electron chi connectivity index (χ1n) is 4.74. The van der Waals surface area contributed by atoms with Crippen molar-refractivity contribution < 1.29 is 0 Å². The van der Waals surface area contributed by atoms with E-state index in [0.29, 0.717) is 10.9 Å². The molecule has 0 spiro atoms. The second-order valence-corrected chi connectivity index (χ2v) is 4.14. The summed E-state index contributed by atoms with van der Waals surface area (Å²) in [5.74, 6) is 0.456. The summed E-state index contributed by atoms with van der Waals surface area (Å²) in [5, 5.41) is 1.44. The highest BCUT2D eigenvalue weighted by molar-refractivity contribution is 6.35. The number of hydrogen-bond acceptors (Lipinski definition) is 0. The van der Waals surface area contributed by atoms with Gasteiger partial charge in [0, 0.05) is 10.0 Å². The van der Waals surface area contributed by atoms with Gasteiger partial charge in [0.05, 0.1) is 0 Å². The van der Waals surface area contributed by atoms with Crippen LogP contribution in [0.5, 0.6) is 0 Å². The molecule has 0 saturated heterocycles. The lowest BCUT2D eigenvalue weighted by atomic mass is 9.93. The fourth-order valence-electron chi connectivity index (χ4n) is 1.55. The van der Waals surface area contributed by atoms with E-state index >= 15 is 0 Å². The summed E-state index contributed by atoms with van der Waals surface area (Å²) in [7, 11) is 0. The van der Waals surface area contributed by atoms with Crippen molar-refractivity contribution in [1.29, 1.82) is 0 Å². The van der Waals surface area contributed by atoms with Gasteiger partial charge in [-0.25, -0.2) is 0 Å². The van der Waals surface area contributed by atoms with Crippen molar-refractivity contribution in [2.24, 2.45) is 0 Å². The lowest BCUT2D eigenvalue weighted by Gasteiger charge is -2.14. The highest BCUT2D eigenvalue weighted by Gasteiger charge is 2.11. The number of allylic oxidation sites excluding steroid dienone is 1. The minimum Gasteiger partial charge on any atom is -0.103 e. The molecule has 0 aliphatic carbocycles. The molecule has 0 unspecified atom stereocenters. The van der Waals surface area contributed by atoms with E-state index in [2.05, 4.69) is 13.5 Å². The molecule has 2 heteroatoms. The van der Waals surface area contributed by atoms with Gasteiger partial charge >= 0.3 is 0 Å². The summed E-state index contributed by atoms with van der Waals surface area (Å²) in [5.41, 5.74) is 1.17. The van der Waals surface area contributed by atoms with E-state index < -0.39 is 0 Å². The van der Waals surface area contributed by atoms with Crippen LogP contribution >= 0.6 is 23.2 Å². The van der Waals surface area contributed by atoms with E-state index in [1.165, 1.54) is 5.56 Å². The molecule has 1 aromatic rings. The maximum atomic E-state index is 6.12. The third-order valence-corrected chi connectivity index (χ3v) is 2.91. The van der Waals surface area contributed by atoms with Gasteiger partial charge in [0.25, 0.3) is 0 Å². The third-order valence-electron chi connectivity index (χ3n) is 2.35. The molecule has 14 heavy (non-hydrogen) atoms. The van der Waals surface area contributed by atoms with Crippen LogP contribution < -0.4 is 0 Å². The Bertz CT molecular complexity index is 318. The predicted octanol–water partition coefficient (Wildman–Crippen LogP) is 5.06. The average molecular weight is 229 g/mol. The fraction of sp³-hybridized carbons (Fsp3) is 0.333. The van der Waals surface area contributed by atoms with Gasteiger partial charge in [-0.1, -0.05) is 42.3 Å². The lowest BCUT2D eigenvalue weighted by Crippen LogP contribution is -1.96. The number of halogens is 2. The normalized spacial score (nSPS) is 12.5. The Hall–Kier alpha value is -0.460. The number of hydrogen-bond donors (Lipinski definition) is 0. The largest absolute Gasteiger partial charge is 0.103 e. The molecular weight excluding hydrogens is 215 g/mol. The Morgan fingerprint density at radius 1 is 1.43 bits per heavy atom. The lowest BCUT2D eigenvalue weighted by molar-refractivity contribution is 0.675. The molecule has 0 aromatic heterocycles. The molecule has 1 atom stereocenters. The first kappa shape index (κ1) is 11.6. The van der Waals surface area contributed by atoms with Crippen LogP contribution in [0, 0.1) is 0 Å². The van der Waals surface area contributed by atoms with Crippen LogP contribution in [0.15, 0.2) is 30.9 Å². The van der Waals surface area contributed by atoms with Crippen molar-refractivity contribution in [2.45, 2.75) is 25.7 Å². The third kappa shape index (κ3) is 2.76. The SMILES string of the molecule is C=CC[C@@H](CC)c1ccc(Cl)cc1Cl. The Kier molecular flexibility index (Phi) is 4.50. The molecule has 0 aliphatic heterocycles. The minimum absolute atomic E-state index is 0.456. The quantitative estimate of drug-likeness (QED) is 0.632. The van der Waals surface area contributed by atoms with Crippen molar-refractivity contribution in [3.63, 3.8) is 0 Å². The summed E-state index contributed by atoms with van der Waals surface area (Å²) < 4.78 is 0. The van der Waals surface area contributed by atoms with Crippen molar-refractivity contribution in [1.82, 2.24) is 0 Å². The van der Waals surface area contributed by atoms with Gasteiger partial charge in [-0.15, -0.1) is 6.58 Å². The van der Waals surface area contributed by atoms with Crippen LogP contribution in [-0.2, 0) is 0 Å². The Morgan fingerprint density at radius 3 is 2.64 bits per heavy atom. The molecular formula is C12H14Cl2. The van der Waals surface area contributed by atoms with Crippen molar-refractivity contribution in [3.05, 3.63) is 46.5 Å². The molecule has 0 saturated carbocycles. The standard InChI is InChI=1S/C12H14Cl2/c1-3-5-9(4-2)11-7-6-10(13)8-12(11)14/h3,6-9H,1,4-5H2,2H3/t9-/m1/s1. The highest BCUT2D eigenvalue weighted by atomic mass is 35.5. The minimum atomic E-state index is 0.456. The molecule has 0 bridgehead atoms. The molecule has 0 amide bonds. The molecule has 76 valence electrons. The molecule has 0 nitrogen and oxygen atoms in total. The zero-order chi connectivity index (χ0) is 10.6. The number of benzene rings is 1. The Labute approximate surface area is 95.5 Å². The smallest absolute Gasteiger partial charge is 0.0455 e. The van der Waals surface area contributed by atoms with Gasteiger partial charge in [0.15, 0.2) is 0 Å². The summed E-state index contributed by atoms with van der Waals surface area (Å²) in [6, 6.07) is 5.68. The average Bonchev–Trinajstić information content (AvgIpc) is 2.15. The van der Waals surface area contributed by atoms with Crippen LogP contribution in [0.3, 0.4) is 0 Å². The molecule has 0 aliphatic rings. The van der Waals surface area contributed by atoms with Gasteiger partial charge in [0.2, 0.25) is 0 Å². The first-order chi connectivity index (χ1) is 6.69. The van der Waals surface area contributed by atoms with E-state index in [-0.39, 0.29) is 0 Å². The van der Waals surface area contributed by atoms with E-state index in [9.17, 15) is 0 Å². The molecule has 1 aromatic carbocycles. The van der Waals surface area contributed by atoms with E-state index in [0.717, 1.165) is 17.9 Å². The topological polar surface area (TPSA) is 0 Å². The second-order valence-electron chi connectivity index (χ2n) is 3.30. The van der Waals surface area contributed by atoms with Gasteiger partial charge in [-0.2, -0.15) is 0 Å². The summed E-state index contributed by atoms with van der Waals surface area (Å²) in [4.78, 5) is 0. The summed E-state index contributed by atoms with van der Waals surface area (Å²) in [6.45, 7) is 5.90. The van der Waals surface area contributed by atoms with Gasteiger partial charge < -0.3 is 0 Å². The second kappa shape index (κ2) is 5.43. The summed E-state index contributed by atoms with van der Waals surface area (Å²) >= 11 is 12.0. The maximum Gasteiger partial charge on any atom is 0.0455 e.